The number of nitrogens with zero attached hydrogens (tertiary/aromatic N) is 4. The van der Waals surface area contributed by atoms with Crippen LogP contribution in [-0.4, -0.2) is 49.3 Å². The number of aliphatic imine (C=N–C) groups is 1. The van der Waals surface area contributed by atoms with Crippen LogP contribution in [0, 0.1) is 0 Å². The molecule has 128 valence electrons. The van der Waals surface area contributed by atoms with Gasteiger partial charge in [0.25, 0.3) is 0 Å². The fraction of sp³-hybridized carbons (Fsp3) is 0.471. The summed E-state index contributed by atoms with van der Waals surface area (Å²) in [5.41, 5.74) is 7.52. The molecule has 1 aliphatic rings. The third kappa shape index (κ3) is 2.75. The van der Waals surface area contributed by atoms with E-state index in [-0.39, 0.29) is 23.1 Å². The second kappa shape index (κ2) is 5.59. The Morgan fingerprint density at radius 3 is 2.54 bits per heavy atom. The zero-order chi connectivity index (χ0) is 17.6. The number of fused-ring (bicyclic) bond motifs is 1. The predicted octanol–water partition coefficient (Wildman–Crippen LogP) is 1.94. The van der Waals surface area contributed by atoms with Gasteiger partial charge in [-0.2, -0.15) is 10.2 Å². The minimum absolute atomic E-state index is 0.201. The van der Waals surface area contributed by atoms with E-state index in [0.717, 1.165) is 17.9 Å². The third-order valence-electron chi connectivity index (χ3n) is 4.27. The maximum absolute atomic E-state index is 9.83. The van der Waals surface area contributed by atoms with Gasteiger partial charge in [-0.25, -0.2) is 0 Å². The molecule has 0 aliphatic carbocycles. The lowest BCUT2D eigenvalue weighted by Crippen LogP contribution is -2.41. The zero-order valence-corrected chi connectivity index (χ0v) is 14.4. The summed E-state index contributed by atoms with van der Waals surface area (Å²) in [7, 11) is 0. The lowest BCUT2D eigenvalue weighted by molar-refractivity contribution is 0.318. The van der Waals surface area contributed by atoms with Crippen LogP contribution in [0.1, 0.15) is 39.3 Å². The number of nitrogens with two attached hydrogens (primary N) is 1. The summed E-state index contributed by atoms with van der Waals surface area (Å²) in [5.74, 6) is 0.362. The Labute approximate surface area is 140 Å². The van der Waals surface area contributed by atoms with Crippen LogP contribution < -0.4 is 5.73 Å². The number of phenolic OH excluding ortho intramolecular Hbond substituents is 2. The molecule has 4 N–H and O–H groups in total. The van der Waals surface area contributed by atoms with Gasteiger partial charge in [-0.15, -0.1) is 0 Å². The molecule has 0 bridgehead atoms. The summed E-state index contributed by atoms with van der Waals surface area (Å²) in [4.78, 5) is 7.00. The van der Waals surface area contributed by atoms with Crippen molar-refractivity contribution in [1.82, 2.24) is 15.1 Å². The molecule has 0 saturated carbocycles. The lowest BCUT2D eigenvalue weighted by atomic mass is 10.0. The third-order valence-corrected chi connectivity index (χ3v) is 4.27. The maximum Gasteiger partial charge on any atom is 0.159 e. The van der Waals surface area contributed by atoms with Crippen molar-refractivity contribution in [3.8, 4) is 11.5 Å². The number of hydrogen-bond acceptors (Lipinski definition) is 7. The van der Waals surface area contributed by atoms with Crippen molar-refractivity contribution in [2.75, 3.05) is 6.54 Å². The molecule has 1 atom stereocenters. The Bertz CT molecular complexity index is 816. The van der Waals surface area contributed by atoms with Crippen LogP contribution in [0.4, 0.5) is 0 Å². The molecule has 3 rings (SSSR count). The summed E-state index contributed by atoms with van der Waals surface area (Å²) >= 11 is 0. The van der Waals surface area contributed by atoms with Gasteiger partial charge in [0.1, 0.15) is 5.84 Å². The van der Waals surface area contributed by atoms with Crippen LogP contribution in [0.15, 0.2) is 23.3 Å². The molecule has 2 aromatic rings. The van der Waals surface area contributed by atoms with E-state index < -0.39 is 6.04 Å². The second-order valence-electron chi connectivity index (χ2n) is 7.14. The van der Waals surface area contributed by atoms with Crippen LogP contribution in [0.5, 0.6) is 11.5 Å². The van der Waals surface area contributed by atoms with Gasteiger partial charge >= 0.3 is 0 Å². The number of rotatable bonds is 3. The van der Waals surface area contributed by atoms with E-state index in [9.17, 15) is 10.2 Å². The van der Waals surface area contributed by atoms with Crippen molar-refractivity contribution < 1.29 is 10.2 Å². The number of amidine groups is 1. The summed E-state index contributed by atoms with van der Waals surface area (Å²) in [6.07, 6.45) is 1.59. The van der Waals surface area contributed by atoms with E-state index in [1.165, 1.54) is 12.1 Å². The summed E-state index contributed by atoms with van der Waals surface area (Å²) in [5, 5.41) is 28.1. The fourth-order valence-electron chi connectivity index (χ4n) is 3.09. The highest BCUT2D eigenvalue weighted by Crippen LogP contribution is 2.34. The zero-order valence-electron chi connectivity index (χ0n) is 14.4. The predicted molar refractivity (Wildman–Crippen MR) is 93.2 cm³/mol. The fourth-order valence-corrected chi connectivity index (χ4v) is 3.09. The largest absolute Gasteiger partial charge is 0.504 e. The normalized spacial score (nSPS) is 18.2. The SMILES string of the molecule is CC(C)N1CC(C)(C)N=C1C(N)c1cnnc2cc(O)c(O)cc12. The number of aromatic hydroxyl groups is 2. The standard InChI is InChI=1S/C17H23N5O2/c1-9(2)22-8-17(3,4)20-16(22)15(18)11-7-19-21-12-6-14(24)13(23)5-10(11)12/h5-7,9,15,23-24H,8,18H2,1-4H3. The topological polar surface area (TPSA) is 108 Å². The van der Waals surface area contributed by atoms with E-state index in [0.29, 0.717) is 10.9 Å². The van der Waals surface area contributed by atoms with Gasteiger partial charge < -0.3 is 20.8 Å². The highest BCUT2D eigenvalue weighted by Gasteiger charge is 2.36. The molecule has 1 aromatic carbocycles. The Morgan fingerprint density at radius 1 is 1.21 bits per heavy atom. The first-order valence-corrected chi connectivity index (χ1v) is 7.99. The number of aromatic nitrogens is 2. The van der Waals surface area contributed by atoms with Crippen LogP contribution in [0.3, 0.4) is 0 Å². The highest BCUT2D eigenvalue weighted by atomic mass is 16.3. The molecule has 0 saturated heterocycles. The van der Waals surface area contributed by atoms with E-state index in [1.54, 1.807) is 6.20 Å². The molecule has 0 amide bonds. The molecule has 7 nitrogen and oxygen atoms in total. The quantitative estimate of drug-likeness (QED) is 0.743. The Balaban J connectivity index is 2.11. The van der Waals surface area contributed by atoms with Crippen molar-refractivity contribution in [2.45, 2.75) is 45.3 Å². The van der Waals surface area contributed by atoms with Gasteiger partial charge in [0.2, 0.25) is 0 Å². The molecule has 2 heterocycles. The van der Waals surface area contributed by atoms with Crippen molar-refractivity contribution in [1.29, 1.82) is 0 Å². The number of phenols is 2. The van der Waals surface area contributed by atoms with Crippen LogP contribution in [0.25, 0.3) is 10.9 Å². The maximum atomic E-state index is 9.83. The smallest absolute Gasteiger partial charge is 0.159 e. The number of benzene rings is 1. The molecule has 24 heavy (non-hydrogen) atoms. The van der Waals surface area contributed by atoms with Crippen LogP contribution in [0.2, 0.25) is 0 Å². The lowest BCUT2D eigenvalue weighted by Gasteiger charge is -2.29. The van der Waals surface area contributed by atoms with E-state index in [1.807, 2.05) is 0 Å². The van der Waals surface area contributed by atoms with Crippen molar-refractivity contribution >= 4 is 16.7 Å². The van der Waals surface area contributed by atoms with Gasteiger partial charge in [0.05, 0.1) is 23.3 Å². The number of hydrogen-bond donors (Lipinski definition) is 3. The molecular formula is C17H23N5O2. The average molecular weight is 329 g/mol. The van der Waals surface area contributed by atoms with Gasteiger partial charge in [0.15, 0.2) is 11.5 Å². The van der Waals surface area contributed by atoms with Crippen molar-refractivity contribution in [2.24, 2.45) is 10.7 Å². The molecule has 0 radical (unpaired) electrons. The van der Waals surface area contributed by atoms with Crippen LogP contribution in [-0.2, 0) is 0 Å². The Morgan fingerprint density at radius 2 is 1.88 bits per heavy atom. The van der Waals surface area contributed by atoms with E-state index in [4.69, 9.17) is 10.7 Å². The molecular weight excluding hydrogens is 306 g/mol. The molecule has 7 heteroatoms. The average Bonchev–Trinajstić information content (AvgIpc) is 2.83. The first kappa shape index (κ1) is 16.4. The van der Waals surface area contributed by atoms with Gasteiger partial charge in [-0.3, -0.25) is 4.99 Å². The second-order valence-corrected chi connectivity index (χ2v) is 7.14. The molecule has 0 spiro atoms. The van der Waals surface area contributed by atoms with E-state index >= 15 is 0 Å². The van der Waals surface area contributed by atoms with Crippen molar-refractivity contribution in [3.05, 3.63) is 23.9 Å². The van der Waals surface area contributed by atoms with Gasteiger partial charge in [0, 0.05) is 29.6 Å². The molecule has 1 aromatic heterocycles. The summed E-state index contributed by atoms with van der Waals surface area (Å²) in [6, 6.07) is 2.63. The van der Waals surface area contributed by atoms with Gasteiger partial charge in [-0.1, -0.05) is 0 Å². The Kier molecular flexibility index (Phi) is 3.83. The first-order chi connectivity index (χ1) is 11.2. The van der Waals surface area contributed by atoms with Crippen LogP contribution >= 0.6 is 0 Å². The van der Waals surface area contributed by atoms with Gasteiger partial charge in [-0.05, 0) is 33.8 Å². The highest BCUT2D eigenvalue weighted by molar-refractivity contribution is 5.95. The monoisotopic (exact) mass is 329 g/mol. The molecule has 1 aliphatic heterocycles. The summed E-state index contributed by atoms with van der Waals surface area (Å²) in [6.45, 7) is 9.17. The Hall–Kier alpha value is -2.41. The minimum Gasteiger partial charge on any atom is -0.504 e. The van der Waals surface area contributed by atoms with E-state index in [2.05, 4.69) is 42.8 Å². The minimum atomic E-state index is -0.490. The summed E-state index contributed by atoms with van der Waals surface area (Å²) < 4.78 is 0. The molecule has 0 fully saturated rings. The van der Waals surface area contributed by atoms with Crippen molar-refractivity contribution in [3.63, 3.8) is 0 Å². The first-order valence-electron chi connectivity index (χ1n) is 7.99. The molecule has 1 unspecified atom stereocenters.